The Hall–Kier alpha value is -1.47. The van der Waals surface area contributed by atoms with Crippen molar-refractivity contribution in [3.05, 3.63) is 11.7 Å². The second kappa shape index (κ2) is 6.11. The largest absolute Gasteiger partial charge is 0.339 e. The third-order valence-electron chi connectivity index (χ3n) is 4.43. The van der Waals surface area contributed by atoms with Gasteiger partial charge in [-0.05, 0) is 33.2 Å². The van der Waals surface area contributed by atoms with Crippen molar-refractivity contribution in [1.29, 1.82) is 0 Å². The molecule has 3 heterocycles. The van der Waals surface area contributed by atoms with Crippen molar-refractivity contribution >= 4 is 5.91 Å². The van der Waals surface area contributed by atoms with E-state index in [4.69, 9.17) is 4.52 Å². The molecule has 2 unspecified atom stereocenters. The number of nitrogens with zero attached hydrogens (tertiary/aromatic N) is 4. The first-order valence-electron chi connectivity index (χ1n) is 7.71. The average molecular weight is 293 g/mol. The molecule has 2 fully saturated rings. The fraction of sp³-hybridized carbons (Fsp3) is 0.786. The smallest absolute Gasteiger partial charge is 0.243 e. The van der Waals surface area contributed by atoms with Gasteiger partial charge in [-0.25, -0.2) is 0 Å². The summed E-state index contributed by atoms with van der Waals surface area (Å²) in [4.78, 5) is 20.9. The molecule has 1 aromatic rings. The van der Waals surface area contributed by atoms with Gasteiger partial charge in [0.05, 0.1) is 12.1 Å². The van der Waals surface area contributed by atoms with E-state index in [0.717, 1.165) is 45.6 Å². The molecule has 21 heavy (non-hydrogen) atoms. The van der Waals surface area contributed by atoms with Gasteiger partial charge >= 0.3 is 0 Å². The van der Waals surface area contributed by atoms with E-state index >= 15 is 0 Å². The molecule has 0 spiro atoms. The topological polar surface area (TPSA) is 74.5 Å². The summed E-state index contributed by atoms with van der Waals surface area (Å²) < 4.78 is 5.24. The zero-order valence-corrected chi connectivity index (χ0v) is 12.7. The van der Waals surface area contributed by atoms with Crippen LogP contribution in [0.4, 0.5) is 0 Å². The lowest BCUT2D eigenvalue weighted by atomic mass is 10.1. The Bertz CT molecular complexity index is 489. The number of rotatable bonds is 3. The summed E-state index contributed by atoms with van der Waals surface area (Å²) in [6, 6.07) is 0.139. The molecule has 1 aromatic heterocycles. The van der Waals surface area contributed by atoms with E-state index in [2.05, 4.69) is 27.3 Å². The fourth-order valence-corrected chi connectivity index (χ4v) is 3.08. The van der Waals surface area contributed by atoms with Crippen LogP contribution >= 0.6 is 0 Å². The van der Waals surface area contributed by atoms with Crippen LogP contribution in [-0.4, -0.2) is 64.6 Å². The van der Waals surface area contributed by atoms with Gasteiger partial charge in [0.25, 0.3) is 0 Å². The lowest BCUT2D eigenvalue weighted by Gasteiger charge is -2.37. The van der Waals surface area contributed by atoms with Crippen molar-refractivity contribution in [2.24, 2.45) is 0 Å². The molecule has 116 valence electrons. The Balaban J connectivity index is 1.53. The Morgan fingerprint density at radius 1 is 1.38 bits per heavy atom. The summed E-state index contributed by atoms with van der Waals surface area (Å²) in [7, 11) is 0. The highest BCUT2D eigenvalue weighted by Gasteiger charge is 2.31. The van der Waals surface area contributed by atoms with Crippen LogP contribution in [0.2, 0.25) is 0 Å². The van der Waals surface area contributed by atoms with E-state index in [9.17, 15) is 4.79 Å². The number of nitrogens with one attached hydrogen (secondary N) is 1. The number of carbonyl (C=O) groups is 1. The summed E-state index contributed by atoms with van der Waals surface area (Å²) in [6.07, 6.45) is 2.07. The molecule has 0 radical (unpaired) electrons. The van der Waals surface area contributed by atoms with Crippen molar-refractivity contribution in [3.63, 3.8) is 0 Å². The molecule has 1 amide bonds. The lowest BCUT2D eigenvalue weighted by Crippen LogP contribution is -2.53. The first-order valence-corrected chi connectivity index (χ1v) is 7.71. The summed E-state index contributed by atoms with van der Waals surface area (Å²) >= 11 is 0. The van der Waals surface area contributed by atoms with Crippen molar-refractivity contribution in [1.82, 2.24) is 25.3 Å². The second-order valence-corrected chi connectivity index (χ2v) is 5.87. The minimum atomic E-state index is 0.0348. The zero-order chi connectivity index (χ0) is 14.8. The highest BCUT2D eigenvalue weighted by atomic mass is 16.5. The summed E-state index contributed by atoms with van der Waals surface area (Å²) in [5.41, 5.74) is 0. The molecular weight excluding hydrogens is 270 g/mol. The van der Waals surface area contributed by atoms with Crippen molar-refractivity contribution in [2.75, 3.05) is 32.7 Å². The first-order chi connectivity index (χ1) is 10.1. The molecule has 0 saturated carbocycles. The third-order valence-corrected chi connectivity index (χ3v) is 4.43. The maximum Gasteiger partial charge on any atom is 0.243 e. The van der Waals surface area contributed by atoms with E-state index in [0.29, 0.717) is 11.7 Å². The maximum atomic E-state index is 12.4. The third kappa shape index (κ3) is 3.08. The molecule has 2 aliphatic rings. The van der Waals surface area contributed by atoms with Crippen LogP contribution in [0.15, 0.2) is 4.52 Å². The van der Waals surface area contributed by atoms with E-state index in [1.165, 1.54) is 0 Å². The second-order valence-electron chi connectivity index (χ2n) is 5.87. The van der Waals surface area contributed by atoms with Crippen LogP contribution in [0.25, 0.3) is 0 Å². The number of carbonyl (C=O) groups excluding carboxylic acids is 1. The predicted molar refractivity (Wildman–Crippen MR) is 76.6 cm³/mol. The zero-order valence-electron chi connectivity index (χ0n) is 12.7. The van der Waals surface area contributed by atoms with Gasteiger partial charge in [-0.15, -0.1) is 0 Å². The predicted octanol–water partition coefficient (Wildman–Crippen LogP) is 0.335. The van der Waals surface area contributed by atoms with Crippen LogP contribution in [0.3, 0.4) is 0 Å². The number of aryl methyl sites for hydroxylation is 1. The first kappa shape index (κ1) is 14.5. The standard InChI is InChI=1S/C14H23N5O2/c1-10(13-16-11(2)17-21-13)18-6-8-19(9-7-18)14(20)12-4-3-5-15-12/h10,12,15H,3-9H2,1-2H3. The maximum absolute atomic E-state index is 12.4. The van der Waals surface area contributed by atoms with Gasteiger partial charge in [-0.3, -0.25) is 9.69 Å². The SMILES string of the molecule is Cc1noc(C(C)N2CCN(C(=O)C3CCCN3)CC2)n1. The molecule has 2 saturated heterocycles. The molecule has 3 rings (SSSR count). The van der Waals surface area contributed by atoms with Crippen molar-refractivity contribution in [3.8, 4) is 0 Å². The van der Waals surface area contributed by atoms with Crippen molar-refractivity contribution < 1.29 is 9.32 Å². The highest BCUT2D eigenvalue weighted by Crippen LogP contribution is 2.20. The average Bonchev–Trinajstić information content (AvgIpc) is 3.17. The Kier molecular flexibility index (Phi) is 4.21. The molecule has 0 aromatic carbocycles. The van der Waals surface area contributed by atoms with Gasteiger partial charge in [-0.2, -0.15) is 4.98 Å². The van der Waals surface area contributed by atoms with Crippen LogP contribution in [0, 0.1) is 6.92 Å². The molecule has 1 N–H and O–H groups in total. The quantitative estimate of drug-likeness (QED) is 0.866. The number of amides is 1. The molecule has 2 atom stereocenters. The van der Waals surface area contributed by atoms with Crippen LogP contribution in [-0.2, 0) is 4.79 Å². The van der Waals surface area contributed by atoms with E-state index < -0.39 is 0 Å². The van der Waals surface area contributed by atoms with Crippen LogP contribution < -0.4 is 5.32 Å². The monoisotopic (exact) mass is 293 g/mol. The highest BCUT2D eigenvalue weighted by molar-refractivity contribution is 5.82. The van der Waals surface area contributed by atoms with Crippen LogP contribution in [0.5, 0.6) is 0 Å². The molecule has 0 aliphatic carbocycles. The van der Waals surface area contributed by atoms with E-state index in [-0.39, 0.29) is 18.0 Å². The number of hydrogen-bond donors (Lipinski definition) is 1. The number of aromatic nitrogens is 2. The van der Waals surface area contributed by atoms with E-state index in [1.807, 2.05) is 11.8 Å². The number of hydrogen-bond acceptors (Lipinski definition) is 6. The lowest BCUT2D eigenvalue weighted by molar-refractivity contribution is -0.135. The Labute approximate surface area is 124 Å². The van der Waals surface area contributed by atoms with Crippen LogP contribution in [0.1, 0.15) is 37.5 Å². The number of piperazine rings is 1. The van der Waals surface area contributed by atoms with Gasteiger partial charge in [0.15, 0.2) is 5.82 Å². The van der Waals surface area contributed by atoms with Gasteiger partial charge < -0.3 is 14.7 Å². The molecule has 0 bridgehead atoms. The molecular formula is C14H23N5O2. The van der Waals surface area contributed by atoms with Gasteiger partial charge in [-0.1, -0.05) is 5.16 Å². The minimum Gasteiger partial charge on any atom is -0.339 e. The summed E-state index contributed by atoms with van der Waals surface area (Å²) in [5.74, 6) is 1.58. The Morgan fingerprint density at radius 3 is 2.71 bits per heavy atom. The Morgan fingerprint density at radius 2 is 2.14 bits per heavy atom. The molecule has 7 nitrogen and oxygen atoms in total. The summed E-state index contributed by atoms with van der Waals surface area (Å²) in [5, 5.41) is 7.12. The molecule has 2 aliphatic heterocycles. The normalized spacial score (nSPS) is 25.2. The molecule has 7 heteroatoms. The van der Waals surface area contributed by atoms with E-state index in [1.54, 1.807) is 0 Å². The van der Waals surface area contributed by atoms with Crippen molar-refractivity contribution in [2.45, 2.75) is 38.8 Å². The summed E-state index contributed by atoms with van der Waals surface area (Å²) in [6.45, 7) is 8.10. The minimum absolute atomic E-state index is 0.0348. The van der Waals surface area contributed by atoms with Gasteiger partial charge in [0.2, 0.25) is 11.8 Å². The van der Waals surface area contributed by atoms with Gasteiger partial charge in [0, 0.05) is 26.2 Å². The van der Waals surface area contributed by atoms with Gasteiger partial charge in [0.1, 0.15) is 0 Å². The fourth-order valence-electron chi connectivity index (χ4n) is 3.08.